The summed E-state index contributed by atoms with van der Waals surface area (Å²) in [6, 6.07) is -0.819. The maximum atomic E-state index is 13.0. The third-order valence-corrected chi connectivity index (χ3v) is 13.9. The molecule has 1 fully saturated rings. The third-order valence-electron chi connectivity index (χ3n) is 13.9. The predicted octanol–water partition coefficient (Wildman–Crippen LogP) is 14.5. The van der Waals surface area contributed by atoms with E-state index < -0.39 is 49.5 Å². The van der Waals surface area contributed by atoms with Gasteiger partial charge in [0.1, 0.15) is 24.4 Å². The van der Waals surface area contributed by atoms with Gasteiger partial charge in [-0.15, -0.1) is 0 Å². The second-order valence-electron chi connectivity index (χ2n) is 20.4. The quantitative estimate of drug-likeness (QED) is 0.0261. The maximum absolute atomic E-state index is 13.0. The molecule has 0 aliphatic carbocycles. The van der Waals surface area contributed by atoms with E-state index in [1.165, 1.54) is 205 Å². The van der Waals surface area contributed by atoms with Gasteiger partial charge in [-0.1, -0.05) is 249 Å². The number of unbranched alkanes of at least 4 members (excludes halogenated alkanes) is 34. The molecule has 0 saturated carbocycles. The van der Waals surface area contributed by atoms with Crippen LogP contribution in [0.1, 0.15) is 271 Å². The van der Waals surface area contributed by atoms with Gasteiger partial charge in [0, 0.05) is 6.42 Å². The minimum atomic E-state index is -1.57. The van der Waals surface area contributed by atoms with Crippen molar-refractivity contribution in [2.75, 3.05) is 13.2 Å². The summed E-state index contributed by atoms with van der Waals surface area (Å²) < 4.78 is 11.2. The molecule has 1 saturated heterocycles. The zero-order valence-electron chi connectivity index (χ0n) is 44.8. The highest BCUT2D eigenvalue weighted by Gasteiger charge is 2.44. The molecular weight excluding hydrogens is 863 g/mol. The van der Waals surface area contributed by atoms with Crippen molar-refractivity contribution in [2.24, 2.45) is 0 Å². The average molecular weight is 975 g/mol. The van der Waals surface area contributed by atoms with Gasteiger partial charge in [-0.05, 0) is 64.2 Å². The molecule has 0 bridgehead atoms. The fourth-order valence-electron chi connectivity index (χ4n) is 9.20. The first kappa shape index (κ1) is 65.2. The van der Waals surface area contributed by atoms with Crippen LogP contribution >= 0.6 is 0 Å². The van der Waals surface area contributed by atoms with Crippen molar-refractivity contribution in [1.29, 1.82) is 0 Å². The number of amides is 1. The number of rotatable bonds is 50. The molecule has 6 N–H and O–H groups in total. The minimum Gasteiger partial charge on any atom is -0.394 e. The van der Waals surface area contributed by atoms with Crippen LogP contribution in [-0.4, -0.2) is 87.5 Å². The fraction of sp³-hybridized carbons (Fsp3) is 0.850. The Morgan fingerprint density at radius 3 is 1.30 bits per heavy atom. The van der Waals surface area contributed by atoms with Gasteiger partial charge in [-0.2, -0.15) is 0 Å². The Bertz CT molecular complexity index is 1220. The minimum absolute atomic E-state index is 0.185. The standard InChI is InChI=1S/C60H111NO8/c1-3-5-7-9-11-13-15-16-17-18-19-20-21-22-23-24-25-26-27-28-29-30-31-32-33-34-35-36-37-38-40-42-44-46-48-50-56(64)61-53(52-68-60-59(67)58(66)57(65)55(51-62)69-60)54(63)49-47-45-43-41-39-14-12-10-8-6-4-2/h15-16,18-19,39,41,47,49,53-55,57-60,62-63,65-67H,3-14,17,20-38,40,42-46,48,50-52H2,1-2H3,(H,61,64)/b16-15-,19-18-,41-39+,49-47+. The van der Waals surface area contributed by atoms with Gasteiger partial charge in [0.15, 0.2) is 6.29 Å². The highest BCUT2D eigenvalue weighted by Crippen LogP contribution is 2.23. The van der Waals surface area contributed by atoms with Gasteiger partial charge >= 0.3 is 0 Å². The van der Waals surface area contributed by atoms with Gasteiger partial charge in [-0.3, -0.25) is 4.79 Å². The van der Waals surface area contributed by atoms with E-state index in [2.05, 4.69) is 55.6 Å². The first-order valence-electron chi connectivity index (χ1n) is 29.4. The molecule has 1 aliphatic rings. The molecule has 1 heterocycles. The van der Waals surface area contributed by atoms with E-state index >= 15 is 0 Å². The van der Waals surface area contributed by atoms with Crippen molar-refractivity contribution in [2.45, 2.75) is 314 Å². The smallest absolute Gasteiger partial charge is 0.220 e. The molecule has 9 heteroatoms. The Hall–Kier alpha value is -1.85. The molecule has 0 aromatic rings. The molecule has 1 rings (SSSR count). The summed E-state index contributed by atoms with van der Waals surface area (Å²) in [6.07, 6.45) is 59.3. The van der Waals surface area contributed by atoms with Crippen LogP contribution < -0.4 is 5.32 Å². The Morgan fingerprint density at radius 2 is 0.870 bits per heavy atom. The number of nitrogens with one attached hydrogen (secondary N) is 1. The van der Waals surface area contributed by atoms with E-state index in [0.717, 1.165) is 44.9 Å². The van der Waals surface area contributed by atoms with Crippen molar-refractivity contribution < 1.29 is 39.8 Å². The molecule has 1 amide bonds. The number of allylic oxidation sites excluding steroid dienone is 7. The van der Waals surface area contributed by atoms with Gasteiger partial charge in [0.2, 0.25) is 5.91 Å². The van der Waals surface area contributed by atoms with Gasteiger partial charge in [-0.25, -0.2) is 0 Å². The number of carbonyl (C=O) groups is 1. The molecule has 0 aromatic heterocycles. The highest BCUT2D eigenvalue weighted by atomic mass is 16.7. The molecule has 9 nitrogen and oxygen atoms in total. The van der Waals surface area contributed by atoms with Crippen LogP contribution in [-0.2, 0) is 14.3 Å². The van der Waals surface area contributed by atoms with Crippen LogP contribution in [0.4, 0.5) is 0 Å². The number of ether oxygens (including phenoxy) is 2. The van der Waals surface area contributed by atoms with E-state index in [4.69, 9.17) is 9.47 Å². The molecule has 1 aliphatic heterocycles. The van der Waals surface area contributed by atoms with Gasteiger partial charge in [0.05, 0.1) is 25.4 Å². The Kier molecular flexibility index (Phi) is 47.0. The lowest BCUT2D eigenvalue weighted by molar-refractivity contribution is -0.302. The van der Waals surface area contributed by atoms with Crippen LogP contribution in [0.25, 0.3) is 0 Å². The summed E-state index contributed by atoms with van der Waals surface area (Å²) in [5.41, 5.74) is 0. The number of hydrogen-bond acceptors (Lipinski definition) is 8. The number of aliphatic hydroxyl groups excluding tert-OH is 5. The van der Waals surface area contributed by atoms with E-state index in [-0.39, 0.29) is 12.5 Å². The molecule has 404 valence electrons. The summed E-state index contributed by atoms with van der Waals surface area (Å²) in [6.45, 7) is 3.73. The number of aliphatic hydroxyl groups is 5. The number of carbonyl (C=O) groups excluding carboxylic acids is 1. The zero-order chi connectivity index (χ0) is 50.1. The van der Waals surface area contributed by atoms with Crippen LogP contribution in [0.3, 0.4) is 0 Å². The summed E-state index contributed by atoms with van der Waals surface area (Å²) in [5, 5.41) is 54.3. The van der Waals surface area contributed by atoms with Gasteiger partial charge < -0.3 is 40.3 Å². The van der Waals surface area contributed by atoms with E-state index in [9.17, 15) is 30.3 Å². The SMILES string of the molecule is CCCCCCC/C=C\C/C=C\CCCCCCCCCCCCCCCCCCCCCCCCCC(=O)NC(COC1OC(CO)C(O)C(O)C1O)C(O)/C=C/CC/C=C/CCCCCCC. The predicted molar refractivity (Wildman–Crippen MR) is 290 cm³/mol. The molecule has 0 aromatic carbocycles. The molecule has 0 radical (unpaired) electrons. The largest absolute Gasteiger partial charge is 0.394 e. The van der Waals surface area contributed by atoms with Crippen molar-refractivity contribution in [3.05, 3.63) is 48.6 Å². The normalized spacial score (nSPS) is 19.8. The lowest BCUT2D eigenvalue weighted by Gasteiger charge is -2.40. The summed E-state index contributed by atoms with van der Waals surface area (Å²) >= 11 is 0. The van der Waals surface area contributed by atoms with E-state index in [1.807, 2.05) is 6.08 Å². The van der Waals surface area contributed by atoms with Crippen molar-refractivity contribution in [1.82, 2.24) is 5.32 Å². The molecule has 7 unspecified atom stereocenters. The van der Waals surface area contributed by atoms with Crippen LogP contribution in [0.15, 0.2) is 48.6 Å². The van der Waals surface area contributed by atoms with Crippen LogP contribution in [0, 0.1) is 0 Å². The van der Waals surface area contributed by atoms with Crippen molar-refractivity contribution in [3.63, 3.8) is 0 Å². The summed E-state index contributed by atoms with van der Waals surface area (Å²) in [5.74, 6) is -0.185. The Labute approximate surface area is 424 Å². The second kappa shape index (κ2) is 49.7. The van der Waals surface area contributed by atoms with Crippen molar-refractivity contribution >= 4 is 5.91 Å². The third kappa shape index (κ3) is 39.4. The number of hydrogen-bond donors (Lipinski definition) is 6. The Morgan fingerprint density at radius 1 is 0.493 bits per heavy atom. The monoisotopic (exact) mass is 974 g/mol. The summed E-state index contributed by atoms with van der Waals surface area (Å²) in [4.78, 5) is 13.0. The van der Waals surface area contributed by atoms with E-state index in [1.54, 1.807) is 6.08 Å². The average Bonchev–Trinajstić information content (AvgIpc) is 3.35. The zero-order valence-corrected chi connectivity index (χ0v) is 44.8. The Balaban J connectivity index is 2.06. The fourth-order valence-corrected chi connectivity index (χ4v) is 9.20. The molecule has 7 atom stereocenters. The molecule has 69 heavy (non-hydrogen) atoms. The molecular formula is C60H111NO8. The molecule has 0 spiro atoms. The van der Waals surface area contributed by atoms with E-state index in [0.29, 0.717) is 6.42 Å². The second-order valence-corrected chi connectivity index (χ2v) is 20.4. The van der Waals surface area contributed by atoms with Crippen LogP contribution in [0.5, 0.6) is 0 Å². The topological polar surface area (TPSA) is 149 Å². The first-order chi connectivity index (χ1) is 33.8. The first-order valence-corrected chi connectivity index (χ1v) is 29.4. The summed E-state index contributed by atoms with van der Waals surface area (Å²) in [7, 11) is 0. The van der Waals surface area contributed by atoms with Crippen molar-refractivity contribution in [3.8, 4) is 0 Å². The highest BCUT2D eigenvalue weighted by molar-refractivity contribution is 5.76. The lowest BCUT2D eigenvalue weighted by Crippen LogP contribution is -2.60. The lowest BCUT2D eigenvalue weighted by atomic mass is 9.99. The van der Waals surface area contributed by atoms with Crippen LogP contribution in [0.2, 0.25) is 0 Å². The van der Waals surface area contributed by atoms with Gasteiger partial charge in [0.25, 0.3) is 0 Å². The maximum Gasteiger partial charge on any atom is 0.220 e.